The molecule has 1 radical (unpaired) electrons. The van der Waals surface area contributed by atoms with Crippen LogP contribution in [-0.2, 0) is 0 Å². The van der Waals surface area contributed by atoms with Crippen LogP contribution in [0.1, 0.15) is 77.0 Å². The van der Waals surface area contributed by atoms with Gasteiger partial charge < -0.3 is 4.90 Å². The van der Waals surface area contributed by atoms with Crippen LogP contribution in [0.4, 0.5) is 0 Å². The summed E-state index contributed by atoms with van der Waals surface area (Å²) in [5.74, 6) is 0. The van der Waals surface area contributed by atoms with E-state index in [1.54, 1.807) is 0 Å². The molecule has 0 saturated carbocycles. The standard InChI is InChI=1S/C16H32N/c1-2-3-4-5-6-7-8-9-11-14-17-15-12-10-13-16-17/h1-16H2. The number of piperidine rings is 1. The van der Waals surface area contributed by atoms with E-state index >= 15 is 0 Å². The molecule has 1 rings (SSSR count). The summed E-state index contributed by atoms with van der Waals surface area (Å²) in [4.78, 5) is 2.66. The van der Waals surface area contributed by atoms with E-state index in [0.29, 0.717) is 0 Å². The van der Waals surface area contributed by atoms with Crippen LogP contribution >= 0.6 is 0 Å². The minimum absolute atomic E-state index is 1.12. The van der Waals surface area contributed by atoms with Gasteiger partial charge in [-0.15, -0.1) is 0 Å². The predicted molar refractivity (Wildman–Crippen MR) is 77.2 cm³/mol. The Balaban J connectivity index is 1.75. The fraction of sp³-hybridized carbons (Fsp3) is 0.938. The molecule has 1 fully saturated rings. The lowest BCUT2D eigenvalue weighted by atomic mass is 10.1. The molecule has 0 unspecified atom stereocenters. The molecule has 0 aromatic carbocycles. The number of hydrogen-bond donors (Lipinski definition) is 0. The summed E-state index contributed by atoms with van der Waals surface area (Å²) in [6, 6.07) is 0. The van der Waals surface area contributed by atoms with E-state index in [4.69, 9.17) is 0 Å². The number of rotatable bonds is 10. The average Bonchev–Trinajstić information content (AvgIpc) is 2.38. The normalized spacial score (nSPS) is 17.5. The van der Waals surface area contributed by atoms with Crippen LogP contribution in [0.25, 0.3) is 0 Å². The summed E-state index contributed by atoms with van der Waals surface area (Å²) in [5.41, 5.74) is 0. The lowest BCUT2D eigenvalue weighted by Gasteiger charge is -2.26. The van der Waals surface area contributed by atoms with Crippen molar-refractivity contribution in [3.8, 4) is 0 Å². The van der Waals surface area contributed by atoms with Gasteiger partial charge in [0.05, 0.1) is 0 Å². The molecule has 0 aromatic heterocycles. The molecule has 1 heteroatoms. The molecule has 1 aliphatic rings. The topological polar surface area (TPSA) is 3.24 Å². The van der Waals surface area contributed by atoms with Crippen molar-refractivity contribution in [2.45, 2.75) is 77.0 Å². The number of nitrogens with zero attached hydrogens (tertiary/aromatic N) is 1. The maximum atomic E-state index is 3.88. The van der Waals surface area contributed by atoms with Crippen molar-refractivity contribution < 1.29 is 0 Å². The molecule has 0 aliphatic carbocycles. The highest BCUT2D eigenvalue weighted by atomic mass is 15.1. The molecule has 1 saturated heterocycles. The van der Waals surface area contributed by atoms with Crippen molar-refractivity contribution in [1.82, 2.24) is 4.90 Å². The Morgan fingerprint density at radius 2 is 1.18 bits per heavy atom. The molecule has 1 nitrogen and oxygen atoms in total. The van der Waals surface area contributed by atoms with Crippen molar-refractivity contribution >= 4 is 0 Å². The third kappa shape index (κ3) is 8.65. The van der Waals surface area contributed by atoms with Crippen LogP contribution < -0.4 is 0 Å². The first-order chi connectivity index (χ1) is 8.43. The number of unbranched alkanes of at least 4 members (excludes halogenated alkanes) is 8. The SMILES string of the molecule is [CH2]CCCCCCCCCCN1CCCCC1. The van der Waals surface area contributed by atoms with Gasteiger partial charge >= 0.3 is 0 Å². The lowest BCUT2D eigenvalue weighted by molar-refractivity contribution is 0.224. The van der Waals surface area contributed by atoms with Crippen LogP contribution in [0, 0.1) is 6.92 Å². The zero-order chi connectivity index (χ0) is 12.2. The molecule has 1 aliphatic heterocycles. The molecule has 0 atom stereocenters. The second kappa shape index (κ2) is 11.1. The van der Waals surface area contributed by atoms with Crippen LogP contribution in [0.15, 0.2) is 0 Å². The molecule has 0 spiro atoms. The summed E-state index contributed by atoms with van der Waals surface area (Å²) in [7, 11) is 0. The molecule has 0 aromatic rings. The highest BCUT2D eigenvalue weighted by molar-refractivity contribution is 4.64. The van der Waals surface area contributed by atoms with Gasteiger partial charge in [-0.1, -0.05) is 64.7 Å². The second-order valence-corrected chi connectivity index (χ2v) is 5.58. The maximum absolute atomic E-state index is 3.88. The Morgan fingerprint density at radius 1 is 0.647 bits per heavy atom. The highest BCUT2D eigenvalue weighted by Crippen LogP contribution is 2.12. The zero-order valence-electron chi connectivity index (χ0n) is 11.8. The van der Waals surface area contributed by atoms with Crippen molar-refractivity contribution in [3.63, 3.8) is 0 Å². The van der Waals surface area contributed by atoms with Gasteiger partial charge in [0.25, 0.3) is 0 Å². The van der Waals surface area contributed by atoms with E-state index in [-0.39, 0.29) is 0 Å². The molecule has 101 valence electrons. The monoisotopic (exact) mass is 238 g/mol. The van der Waals surface area contributed by atoms with Crippen molar-refractivity contribution in [3.05, 3.63) is 6.92 Å². The first kappa shape index (κ1) is 15.0. The predicted octanol–water partition coefficient (Wildman–Crippen LogP) is 4.82. The smallest absolute Gasteiger partial charge is 0.00187 e. The fourth-order valence-corrected chi connectivity index (χ4v) is 2.76. The van der Waals surface area contributed by atoms with Crippen LogP contribution in [0.5, 0.6) is 0 Å². The van der Waals surface area contributed by atoms with E-state index in [0.717, 1.165) is 6.42 Å². The van der Waals surface area contributed by atoms with Gasteiger partial charge in [-0.3, -0.25) is 0 Å². The van der Waals surface area contributed by atoms with Gasteiger partial charge in [-0.25, -0.2) is 0 Å². The lowest BCUT2D eigenvalue weighted by Crippen LogP contribution is -2.30. The molecule has 0 amide bonds. The first-order valence-electron chi connectivity index (χ1n) is 7.95. The van der Waals surface area contributed by atoms with Crippen molar-refractivity contribution in [2.24, 2.45) is 0 Å². The van der Waals surface area contributed by atoms with Crippen molar-refractivity contribution in [1.29, 1.82) is 0 Å². The van der Waals surface area contributed by atoms with Crippen LogP contribution in [0.2, 0.25) is 0 Å². The average molecular weight is 238 g/mol. The Kier molecular flexibility index (Phi) is 9.78. The zero-order valence-corrected chi connectivity index (χ0v) is 11.8. The third-order valence-corrected chi connectivity index (χ3v) is 3.92. The van der Waals surface area contributed by atoms with Gasteiger partial charge in [-0.05, 0) is 38.9 Å². The molecule has 17 heavy (non-hydrogen) atoms. The Hall–Kier alpha value is -0.0400. The molecule has 1 heterocycles. The van der Waals surface area contributed by atoms with E-state index in [1.165, 1.54) is 90.3 Å². The Labute approximate surface area is 109 Å². The van der Waals surface area contributed by atoms with E-state index in [1.807, 2.05) is 0 Å². The van der Waals surface area contributed by atoms with Gasteiger partial charge in [0.15, 0.2) is 0 Å². The molecular formula is C16H32N. The fourth-order valence-electron chi connectivity index (χ4n) is 2.76. The summed E-state index contributed by atoms with van der Waals surface area (Å²) < 4.78 is 0. The van der Waals surface area contributed by atoms with Gasteiger partial charge in [0.1, 0.15) is 0 Å². The molecule has 0 bridgehead atoms. The van der Waals surface area contributed by atoms with Crippen LogP contribution in [0.3, 0.4) is 0 Å². The highest BCUT2D eigenvalue weighted by Gasteiger charge is 2.08. The quantitative estimate of drug-likeness (QED) is 0.493. The van der Waals surface area contributed by atoms with E-state index < -0.39 is 0 Å². The number of likely N-dealkylation sites (tertiary alicyclic amines) is 1. The molecule has 0 N–H and O–H groups in total. The summed E-state index contributed by atoms with van der Waals surface area (Å²) >= 11 is 0. The largest absolute Gasteiger partial charge is 0.303 e. The summed E-state index contributed by atoms with van der Waals surface area (Å²) in [6.45, 7) is 7.98. The molecular weight excluding hydrogens is 206 g/mol. The maximum Gasteiger partial charge on any atom is -0.00187 e. The van der Waals surface area contributed by atoms with Gasteiger partial charge in [0.2, 0.25) is 0 Å². The first-order valence-corrected chi connectivity index (χ1v) is 7.95. The van der Waals surface area contributed by atoms with Gasteiger partial charge in [0, 0.05) is 0 Å². The number of hydrogen-bond acceptors (Lipinski definition) is 1. The summed E-state index contributed by atoms with van der Waals surface area (Å²) in [6.07, 6.45) is 16.9. The van der Waals surface area contributed by atoms with Crippen LogP contribution in [-0.4, -0.2) is 24.5 Å². The minimum Gasteiger partial charge on any atom is -0.303 e. The Bertz CT molecular complexity index is 150. The van der Waals surface area contributed by atoms with E-state index in [9.17, 15) is 0 Å². The second-order valence-electron chi connectivity index (χ2n) is 5.58. The minimum atomic E-state index is 1.12. The Morgan fingerprint density at radius 3 is 1.76 bits per heavy atom. The van der Waals surface area contributed by atoms with Gasteiger partial charge in [-0.2, -0.15) is 0 Å². The summed E-state index contributed by atoms with van der Waals surface area (Å²) in [5, 5.41) is 0. The third-order valence-electron chi connectivity index (χ3n) is 3.92. The van der Waals surface area contributed by atoms with E-state index in [2.05, 4.69) is 11.8 Å². The van der Waals surface area contributed by atoms with Crippen molar-refractivity contribution in [2.75, 3.05) is 19.6 Å².